The quantitative estimate of drug-likeness (QED) is 0.0511. The fraction of sp³-hybridized carbons (Fsp3) is 0.600. The third kappa shape index (κ3) is 19.0. The number of carbonyl (C=O) groups excluding carboxylic acids is 2. The van der Waals surface area contributed by atoms with E-state index in [1.165, 1.54) is 102 Å². The Morgan fingerprint density at radius 2 is 1.27 bits per heavy atom. The summed E-state index contributed by atoms with van der Waals surface area (Å²) in [5.41, 5.74) is 1.20. The molecular formula is C40H61N3O6. The van der Waals surface area contributed by atoms with E-state index in [1.54, 1.807) is 75.2 Å². The van der Waals surface area contributed by atoms with E-state index in [-0.39, 0.29) is 18.2 Å². The number of nitrogens with zero attached hydrogens (tertiary/aromatic N) is 2. The van der Waals surface area contributed by atoms with Crippen molar-refractivity contribution in [2.45, 2.75) is 136 Å². The summed E-state index contributed by atoms with van der Waals surface area (Å²) in [4.78, 5) is 37.7. The van der Waals surface area contributed by atoms with E-state index >= 15 is 0 Å². The van der Waals surface area contributed by atoms with Crippen LogP contribution in [0.25, 0.3) is 5.57 Å². The molecular weight excluding hydrogens is 618 g/mol. The highest BCUT2D eigenvalue weighted by atomic mass is 16.6. The number of benzene rings is 2. The number of nitrogens with one attached hydrogen (secondary N) is 1. The Balaban J connectivity index is 1.78. The van der Waals surface area contributed by atoms with Crippen LogP contribution in [0.4, 0.5) is 16.2 Å². The van der Waals surface area contributed by atoms with Crippen molar-refractivity contribution in [2.75, 3.05) is 25.5 Å². The van der Waals surface area contributed by atoms with Crippen molar-refractivity contribution in [3.8, 4) is 5.75 Å². The van der Waals surface area contributed by atoms with E-state index in [0.717, 1.165) is 12.8 Å². The molecule has 0 atom stereocenters. The summed E-state index contributed by atoms with van der Waals surface area (Å²) in [6.45, 7) is 8.39. The molecule has 2 aromatic rings. The molecule has 0 heterocycles. The molecule has 2 aromatic carbocycles. The highest BCUT2D eigenvalue weighted by molar-refractivity contribution is 5.95. The maximum absolute atomic E-state index is 13.2. The third-order valence-electron chi connectivity index (χ3n) is 8.36. The second kappa shape index (κ2) is 23.5. The van der Waals surface area contributed by atoms with Crippen LogP contribution in [0.1, 0.15) is 136 Å². The summed E-state index contributed by atoms with van der Waals surface area (Å²) < 4.78 is 11.3. The van der Waals surface area contributed by atoms with Gasteiger partial charge in [0.15, 0.2) is 0 Å². The lowest BCUT2D eigenvalue weighted by Crippen LogP contribution is -2.27. The lowest BCUT2D eigenvalue weighted by molar-refractivity contribution is -0.384. The number of nitro benzene ring substituents is 1. The van der Waals surface area contributed by atoms with E-state index in [1.807, 2.05) is 0 Å². The Labute approximate surface area is 295 Å². The van der Waals surface area contributed by atoms with Gasteiger partial charge >= 0.3 is 6.09 Å². The minimum atomic E-state index is -0.606. The van der Waals surface area contributed by atoms with Gasteiger partial charge in [0.1, 0.15) is 18.0 Å². The van der Waals surface area contributed by atoms with Gasteiger partial charge in [-0.3, -0.25) is 20.2 Å². The molecule has 0 radical (unpaired) electrons. The Morgan fingerprint density at radius 1 is 0.776 bits per heavy atom. The number of hydrogen-bond donors (Lipinski definition) is 1. The van der Waals surface area contributed by atoms with Crippen molar-refractivity contribution in [3.05, 3.63) is 70.3 Å². The number of carbonyl (C=O) groups is 2. The second-order valence-electron chi connectivity index (χ2n) is 14.0. The maximum Gasteiger partial charge on any atom is 0.412 e. The maximum atomic E-state index is 13.2. The molecule has 0 aromatic heterocycles. The number of likely N-dealkylation sites (N-methyl/N-ethyl adjacent to an activating group) is 1. The van der Waals surface area contributed by atoms with Crippen LogP contribution in [-0.2, 0) is 9.53 Å². The fourth-order valence-electron chi connectivity index (χ4n) is 5.49. The summed E-state index contributed by atoms with van der Waals surface area (Å²) >= 11 is 0. The van der Waals surface area contributed by atoms with Gasteiger partial charge in [-0.05, 0) is 69.2 Å². The first-order valence-corrected chi connectivity index (χ1v) is 18.4. The molecule has 1 N–H and O–H groups in total. The first kappa shape index (κ1) is 41.3. The number of unbranched alkanes of at least 4 members (excludes halogenated alkanes) is 15. The molecule has 2 amide bonds. The highest BCUT2D eigenvalue weighted by Gasteiger charge is 2.16. The summed E-state index contributed by atoms with van der Waals surface area (Å²) in [5.74, 6) is 0.395. The van der Waals surface area contributed by atoms with Crippen LogP contribution in [0.15, 0.2) is 54.6 Å². The fourth-order valence-corrected chi connectivity index (χ4v) is 5.49. The van der Waals surface area contributed by atoms with Crippen molar-refractivity contribution < 1.29 is 24.0 Å². The van der Waals surface area contributed by atoms with Crippen LogP contribution < -0.4 is 10.1 Å². The van der Waals surface area contributed by atoms with E-state index in [0.29, 0.717) is 29.1 Å². The molecule has 0 aliphatic heterocycles. The van der Waals surface area contributed by atoms with Gasteiger partial charge < -0.3 is 14.4 Å². The molecule has 0 aliphatic carbocycles. The zero-order valence-corrected chi connectivity index (χ0v) is 30.8. The average Bonchev–Trinajstić information content (AvgIpc) is 3.06. The minimum Gasteiger partial charge on any atom is -0.489 e. The van der Waals surface area contributed by atoms with E-state index < -0.39 is 16.6 Å². The number of nitro groups is 1. The Morgan fingerprint density at radius 3 is 1.73 bits per heavy atom. The molecule has 0 saturated carbocycles. The average molecular weight is 680 g/mol. The topological polar surface area (TPSA) is 111 Å². The van der Waals surface area contributed by atoms with E-state index in [2.05, 4.69) is 12.2 Å². The molecule has 0 fully saturated rings. The zero-order valence-electron chi connectivity index (χ0n) is 30.8. The summed E-state index contributed by atoms with van der Waals surface area (Å²) in [7, 11) is 1.80. The summed E-state index contributed by atoms with van der Waals surface area (Å²) in [6, 6.07) is 12.9. The SMILES string of the molecule is CCCCCCCCCCCCCCCCCCN(C)C(=O)C=C(COc1ccc(NC(=O)OC(C)(C)C)cc1)c1ccc([N+](=O)[O-])cc1. The molecule has 0 spiro atoms. The molecule has 0 saturated heterocycles. The molecule has 0 bridgehead atoms. The normalized spacial score (nSPS) is 11.7. The number of rotatable bonds is 24. The van der Waals surface area contributed by atoms with Crippen molar-refractivity contribution in [3.63, 3.8) is 0 Å². The van der Waals surface area contributed by atoms with E-state index in [4.69, 9.17) is 9.47 Å². The predicted molar refractivity (Wildman–Crippen MR) is 200 cm³/mol. The Hall–Kier alpha value is -3.88. The smallest absolute Gasteiger partial charge is 0.412 e. The van der Waals surface area contributed by atoms with Crippen LogP contribution >= 0.6 is 0 Å². The van der Waals surface area contributed by atoms with Gasteiger partial charge in [-0.25, -0.2) is 4.79 Å². The van der Waals surface area contributed by atoms with Gasteiger partial charge in [-0.1, -0.05) is 103 Å². The van der Waals surface area contributed by atoms with Crippen LogP contribution in [-0.4, -0.2) is 47.6 Å². The van der Waals surface area contributed by atoms with Crippen molar-refractivity contribution >= 4 is 28.9 Å². The Bertz CT molecular complexity index is 1270. The largest absolute Gasteiger partial charge is 0.489 e. The van der Waals surface area contributed by atoms with Crippen molar-refractivity contribution in [1.82, 2.24) is 4.90 Å². The van der Waals surface area contributed by atoms with Gasteiger partial charge in [0.25, 0.3) is 5.69 Å². The molecule has 2 rings (SSSR count). The van der Waals surface area contributed by atoms with Crippen LogP contribution in [0.3, 0.4) is 0 Å². The van der Waals surface area contributed by atoms with Crippen molar-refractivity contribution in [2.24, 2.45) is 0 Å². The van der Waals surface area contributed by atoms with Gasteiger partial charge in [0.2, 0.25) is 5.91 Å². The highest BCUT2D eigenvalue weighted by Crippen LogP contribution is 2.23. The number of hydrogen-bond acceptors (Lipinski definition) is 6. The van der Waals surface area contributed by atoms with Crippen molar-refractivity contribution in [1.29, 1.82) is 0 Å². The number of amides is 2. The third-order valence-corrected chi connectivity index (χ3v) is 8.36. The first-order valence-electron chi connectivity index (χ1n) is 18.4. The van der Waals surface area contributed by atoms with Gasteiger partial charge in [-0.2, -0.15) is 0 Å². The molecule has 272 valence electrons. The predicted octanol–water partition coefficient (Wildman–Crippen LogP) is 11.1. The van der Waals surface area contributed by atoms with E-state index in [9.17, 15) is 19.7 Å². The molecule has 0 unspecified atom stereocenters. The Kier molecular flexibility index (Phi) is 19.8. The molecule has 49 heavy (non-hydrogen) atoms. The van der Waals surface area contributed by atoms with Crippen LogP contribution in [0.2, 0.25) is 0 Å². The summed E-state index contributed by atoms with van der Waals surface area (Å²) in [5, 5.41) is 13.9. The monoisotopic (exact) mass is 679 g/mol. The lowest BCUT2D eigenvalue weighted by atomic mass is 10.0. The van der Waals surface area contributed by atoms with Gasteiger partial charge in [0, 0.05) is 43.1 Å². The molecule has 0 aliphatic rings. The minimum absolute atomic E-state index is 0.0240. The first-order chi connectivity index (χ1) is 23.5. The number of non-ortho nitro benzene ring substituents is 1. The molecule has 9 nitrogen and oxygen atoms in total. The van der Waals surface area contributed by atoms with Gasteiger partial charge in [0.05, 0.1) is 4.92 Å². The lowest BCUT2D eigenvalue weighted by Gasteiger charge is -2.19. The zero-order chi connectivity index (χ0) is 35.9. The standard InChI is InChI=1S/C40H61N3O6/c1-6-7-8-9-10-11-12-13-14-15-16-17-18-19-20-21-30-42(5)38(44)31-34(33-22-26-36(27-23-33)43(46)47)32-48-37-28-24-35(25-29-37)41-39(45)49-40(2,3)4/h22-29,31H,6-21,30,32H2,1-5H3,(H,41,45). The molecule has 9 heteroatoms. The van der Waals surface area contributed by atoms with Crippen LogP contribution in [0.5, 0.6) is 5.75 Å². The number of ether oxygens (including phenoxy) is 2. The van der Waals surface area contributed by atoms with Crippen LogP contribution in [0, 0.1) is 10.1 Å². The van der Waals surface area contributed by atoms with Gasteiger partial charge in [-0.15, -0.1) is 0 Å². The summed E-state index contributed by atoms with van der Waals surface area (Å²) in [6.07, 6.45) is 21.9. The second-order valence-corrected chi connectivity index (χ2v) is 14.0. The number of anilines is 1.